The average Bonchev–Trinajstić information content (AvgIpc) is 2.53. The van der Waals surface area contributed by atoms with Crippen LogP contribution in [0.1, 0.15) is 0 Å². The number of para-hydroxylation sites is 1. The zero-order valence-electron chi connectivity index (χ0n) is 7.57. The molecule has 1 saturated heterocycles. The predicted octanol–water partition coefficient (Wildman–Crippen LogP) is 2.53. The third kappa shape index (κ3) is 2.25. The van der Waals surface area contributed by atoms with Crippen molar-refractivity contribution in [3.8, 4) is 0 Å². The molecule has 3 nitrogen and oxygen atoms in total. The number of thiocarbonyl (C=S) groups is 1. The van der Waals surface area contributed by atoms with Crippen molar-refractivity contribution in [3.05, 3.63) is 29.3 Å². The van der Waals surface area contributed by atoms with Crippen LogP contribution in [0.3, 0.4) is 0 Å². The van der Waals surface area contributed by atoms with Crippen molar-refractivity contribution in [1.29, 1.82) is 0 Å². The molecule has 0 aliphatic carbocycles. The van der Waals surface area contributed by atoms with Gasteiger partial charge < -0.3 is 0 Å². The van der Waals surface area contributed by atoms with E-state index < -0.39 is 0 Å². The summed E-state index contributed by atoms with van der Waals surface area (Å²) in [5, 5.41) is 1.91. The van der Waals surface area contributed by atoms with Gasteiger partial charge in [-0.05, 0) is 12.1 Å². The fraction of sp³-hybridized carbons (Fsp3) is 0.111. The van der Waals surface area contributed by atoms with Crippen LogP contribution in [0.2, 0.25) is 5.02 Å². The molecule has 0 aromatic heterocycles. The van der Waals surface area contributed by atoms with Crippen molar-refractivity contribution >= 4 is 51.5 Å². The van der Waals surface area contributed by atoms with Crippen molar-refractivity contribution < 1.29 is 4.79 Å². The summed E-state index contributed by atoms with van der Waals surface area (Å²) in [7, 11) is 0. The molecule has 6 heteroatoms. The van der Waals surface area contributed by atoms with E-state index in [1.54, 1.807) is 12.1 Å². The summed E-state index contributed by atoms with van der Waals surface area (Å²) in [6.45, 7) is 0. The van der Waals surface area contributed by atoms with Crippen LogP contribution in [-0.4, -0.2) is 21.0 Å². The maximum absolute atomic E-state index is 11.4. The van der Waals surface area contributed by atoms with Crippen molar-refractivity contribution in [2.24, 2.45) is 0 Å². The van der Waals surface area contributed by atoms with Gasteiger partial charge in [-0.15, -0.1) is 0 Å². The van der Waals surface area contributed by atoms with Crippen LogP contribution in [0.15, 0.2) is 24.3 Å². The van der Waals surface area contributed by atoms with Gasteiger partial charge in [-0.25, -0.2) is 5.01 Å². The third-order valence-electron chi connectivity index (χ3n) is 1.86. The number of carbonyl (C=O) groups is 1. The molecule has 1 N–H and O–H groups in total. The Hall–Kier alpha value is -0.780. The summed E-state index contributed by atoms with van der Waals surface area (Å²) in [6.07, 6.45) is 0. The van der Waals surface area contributed by atoms with Crippen LogP contribution in [0, 0.1) is 0 Å². The Labute approximate surface area is 102 Å². The van der Waals surface area contributed by atoms with Gasteiger partial charge in [-0.1, -0.05) is 47.7 Å². The summed E-state index contributed by atoms with van der Waals surface area (Å²) in [5.41, 5.74) is 3.58. The lowest BCUT2D eigenvalue weighted by atomic mass is 10.3. The molecule has 1 aromatic rings. The molecule has 15 heavy (non-hydrogen) atoms. The number of rotatable bonds is 2. The molecule has 1 amide bonds. The molecule has 1 fully saturated rings. The molecule has 78 valence electrons. The Morgan fingerprint density at radius 3 is 2.80 bits per heavy atom. The minimum atomic E-state index is -0.0510. The second kappa shape index (κ2) is 4.38. The highest BCUT2D eigenvalue weighted by molar-refractivity contribution is 8.23. The largest absolute Gasteiger partial charge is 0.289 e. The Kier molecular flexibility index (Phi) is 3.14. The van der Waals surface area contributed by atoms with Crippen LogP contribution in [0.5, 0.6) is 0 Å². The summed E-state index contributed by atoms with van der Waals surface area (Å²) >= 11 is 12.3. The van der Waals surface area contributed by atoms with Crippen LogP contribution >= 0.6 is 35.6 Å². The molecule has 1 aliphatic heterocycles. The van der Waals surface area contributed by atoms with Gasteiger partial charge in [0, 0.05) is 0 Å². The summed E-state index contributed by atoms with van der Waals surface area (Å²) < 4.78 is 0.528. The molecule has 1 heterocycles. The van der Waals surface area contributed by atoms with Crippen molar-refractivity contribution in [2.45, 2.75) is 0 Å². The summed E-state index contributed by atoms with van der Waals surface area (Å²) in [4.78, 5) is 11.4. The molecule has 2 rings (SSSR count). The van der Waals surface area contributed by atoms with E-state index >= 15 is 0 Å². The zero-order valence-corrected chi connectivity index (χ0v) is 9.96. The highest BCUT2D eigenvalue weighted by atomic mass is 35.5. The first-order valence-electron chi connectivity index (χ1n) is 4.19. The number of carbonyl (C=O) groups excluding carboxylic acids is 1. The Balaban J connectivity index is 2.18. The van der Waals surface area contributed by atoms with E-state index in [1.165, 1.54) is 16.8 Å². The van der Waals surface area contributed by atoms with E-state index in [2.05, 4.69) is 5.43 Å². The van der Waals surface area contributed by atoms with Crippen molar-refractivity contribution in [3.63, 3.8) is 0 Å². The van der Waals surface area contributed by atoms with Gasteiger partial charge in [0.2, 0.25) is 0 Å². The van der Waals surface area contributed by atoms with Crippen LogP contribution in [0.4, 0.5) is 5.69 Å². The monoisotopic (exact) mass is 258 g/mol. The average molecular weight is 259 g/mol. The predicted molar refractivity (Wildman–Crippen MR) is 67.0 cm³/mol. The van der Waals surface area contributed by atoms with E-state index in [4.69, 9.17) is 23.8 Å². The van der Waals surface area contributed by atoms with Gasteiger partial charge in [0.05, 0.1) is 16.5 Å². The van der Waals surface area contributed by atoms with E-state index in [9.17, 15) is 4.79 Å². The maximum Gasteiger partial charge on any atom is 0.257 e. The number of halogens is 1. The second-order valence-corrected chi connectivity index (χ2v) is 4.89. The van der Waals surface area contributed by atoms with Gasteiger partial charge >= 0.3 is 0 Å². The number of anilines is 1. The highest BCUT2D eigenvalue weighted by Gasteiger charge is 2.27. The van der Waals surface area contributed by atoms with E-state index in [0.717, 1.165) is 0 Å². The van der Waals surface area contributed by atoms with E-state index in [0.29, 0.717) is 20.8 Å². The van der Waals surface area contributed by atoms with E-state index in [-0.39, 0.29) is 5.91 Å². The van der Waals surface area contributed by atoms with Crippen LogP contribution in [-0.2, 0) is 4.79 Å². The molecule has 0 spiro atoms. The molecule has 0 radical (unpaired) electrons. The van der Waals surface area contributed by atoms with E-state index in [1.807, 2.05) is 12.1 Å². The lowest BCUT2D eigenvalue weighted by Crippen LogP contribution is -2.34. The Bertz CT molecular complexity index is 408. The quantitative estimate of drug-likeness (QED) is 0.827. The summed E-state index contributed by atoms with van der Waals surface area (Å²) in [6, 6.07) is 7.21. The number of nitrogens with zero attached hydrogens (tertiary/aromatic N) is 1. The fourth-order valence-corrected chi connectivity index (χ4v) is 2.29. The molecule has 0 saturated carbocycles. The number of amides is 1. The molecule has 0 atom stereocenters. The topological polar surface area (TPSA) is 32.3 Å². The number of nitrogens with one attached hydrogen (secondary N) is 1. The third-order valence-corrected chi connectivity index (χ3v) is 3.54. The molecule has 1 aromatic carbocycles. The zero-order chi connectivity index (χ0) is 10.8. The smallest absolute Gasteiger partial charge is 0.257 e. The first-order valence-corrected chi connectivity index (χ1v) is 5.96. The number of hydrogen-bond donors (Lipinski definition) is 1. The number of hydrazine groups is 1. The second-order valence-electron chi connectivity index (χ2n) is 2.88. The molecule has 0 unspecified atom stereocenters. The van der Waals surface area contributed by atoms with Crippen molar-refractivity contribution in [2.75, 3.05) is 11.2 Å². The van der Waals surface area contributed by atoms with Gasteiger partial charge in [-0.3, -0.25) is 10.2 Å². The lowest BCUT2D eigenvalue weighted by Gasteiger charge is -2.17. The first-order chi connectivity index (χ1) is 7.18. The van der Waals surface area contributed by atoms with Crippen LogP contribution < -0.4 is 5.43 Å². The number of hydrogen-bond acceptors (Lipinski definition) is 4. The summed E-state index contributed by atoms with van der Waals surface area (Å²) in [5.74, 6) is 0.334. The lowest BCUT2D eigenvalue weighted by molar-refractivity contribution is -0.123. The fourth-order valence-electron chi connectivity index (χ4n) is 1.13. The Morgan fingerprint density at radius 1 is 1.47 bits per heavy atom. The van der Waals surface area contributed by atoms with Gasteiger partial charge in [0.15, 0.2) is 4.32 Å². The molecular formula is C9H7ClN2OS2. The minimum absolute atomic E-state index is 0.0510. The molecule has 0 bridgehead atoms. The maximum atomic E-state index is 11.4. The molecule has 1 aliphatic rings. The van der Waals surface area contributed by atoms with Gasteiger partial charge in [0.1, 0.15) is 0 Å². The standard InChI is InChI=1S/C9H7ClN2OS2/c10-6-3-1-2-4-7(6)11-12-8(13)5-15-9(12)14/h1-4,11H,5H2. The van der Waals surface area contributed by atoms with Gasteiger partial charge in [-0.2, -0.15) is 0 Å². The number of thioether (sulfide) groups is 1. The minimum Gasteiger partial charge on any atom is -0.289 e. The number of benzene rings is 1. The van der Waals surface area contributed by atoms with Crippen molar-refractivity contribution in [1.82, 2.24) is 5.01 Å². The normalized spacial score (nSPS) is 15.9. The highest BCUT2D eigenvalue weighted by Crippen LogP contribution is 2.25. The first kappa shape index (κ1) is 10.7. The Morgan fingerprint density at radius 2 is 2.20 bits per heavy atom. The SMILES string of the molecule is O=C1CSC(=S)N1Nc1ccccc1Cl. The van der Waals surface area contributed by atoms with Crippen LogP contribution in [0.25, 0.3) is 0 Å². The van der Waals surface area contributed by atoms with Gasteiger partial charge in [0.25, 0.3) is 5.91 Å². The molecular weight excluding hydrogens is 252 g/mol.